The molecule has 0 radical (unpaired) electrons. The lowest BCUT2D eigenvalue weighted by molar-refractivity contribution is 0.387. The third-order valence-electron chi connectivity index (χ3n) is 1.86. The van der Waals surface area contributed by atoms with Gasteiger partial charge >= 0.3 is 0 Å². The quantitative estimate of drug-likeness (QED) is 0.600. The van der Waals surface area contributed by atoms with E-state index >= 15 is 0 Å². The first-order valence-electron chi connectivity index (χ1n) is 4.88. The van der Waals surface area contributed by atoms with Gasteiger partial charge in [0, 0.05) is 11.4 Å². The third-order valence-corrected chi connectivity index (χ3v) is 2.69. The highest BCUT2D eigenvalue weighted by Crippen LogP contribution is 2.18. The molecule has 2 aromatic heterocycles. The van der Waals surface area contributed by atoms with Crippen molar-refractivity contribution in [1.29, 1.82) is 0 Å². The van der Waals surface area contributed by atoms with Gasteiger partial charge in [0.05, 0.1) is 5.75 Å². The molecule has 0 bridgehead atoms. The standard InChI is InChI=1S/C10H12N4OS/c1-6-4-7(2)12-10(11-6)16-5-9-13-8(3)14-15-9/h4H,5H2,1-3H3. The van der Waals surface area contributed by atoms with E-state index in [1.807, 2.05) is 19.9 Å². The molecule has 6 heteroatoms. The number of hydrogen-bond donors (Lipinski definition) is 0. The summed E-state index contributed by atoms with van der Waals surface area (Å²) in [6.45, 7) is 5.70. The molecule has 0 fully saturated rings. The van der Waals surface area contributed by atoms with Gasteiger partial charge in [0.2, 0.25) is 5.89 Å². The molecule has 0 saturated carbocycles. The van der Waals surface area contributed by atoms with Gasteiger partial charge in [-0.2, -0.15) is 4.98 Å². The van der Waals surface area contributed by atoms with E-state index in [-0.39, 0.29) is 0 Å². The zero-order valence-corrected chi connectivity index (χ0v) is 10.2. The molecule has 2 aromatic rings. The van der Waals surface area contributed by atoms with Gasteiger partial charge in [0.15, 0.2) is 11.0 Å². The molecule has 0 saturated heterocycles. The second-order valence-corrected chi connectivity index (χ2v) is 4.40. The Balaban J connectivity index is 2.04. The number of thioether (sulfide) groups is 1. The van der Waals surface area contributed by atoms with Gasteiger partial charge in [-0.3, -0.25) is 0 Å². The highest BCUT2D eigenvalue weighted by Gasteiger charge is 2.06. The number of aromatic nitrogens is 4. The van der Waals surface area contributed by atoms with E-state index in [4.69, 9.17) is 4.52 Å². The first-order chi connectivity index (χ1) is 7.63. The maximum Gasteiger partial charge on any atom is 0.237 e. The maximum atomic E-state index is 5.01. The first kappa shape index (κ1) is 11.1. The Kier molecular flexibility index (Phi) is 3.19. The van der Waals surface area contributed by atoms with Gasteiger partial charge in [-0.25, -0.2) is 9.97 Å². The van der Waals surface area contributed by atoms with Crippen LogP contribution in [0.2, 0.25) is 0 Å². The summed E-state index contributed by atoms with van der Waals surface area (Å²) in [6, 6.07) is 1.95. The minimum atomic E-state index is 0.601. The molecule has 84 valence electrons. The van der Waals surface area contributed by atoms with E-state index in [0.717, 1.165) is 16.5 Å². The second kappa shape index (κ2) is 4.61. The topological polar surface area (TPSA) is 64.7 Å². The lowest BCUT2D eigenvalue weighted by Gasteiger charge is -2.00. The summed E-state index contributed by atoms with van der Waals surface area (Å²) in [4.78, 5) is 12.8. The fourth-order valence-electron chi connectivity index (χ4n) is 1.28. The Morgan fingerprint density at radius 2 is 1.81 bits per heavy atom. The van der Waals surface area contributed by atoms with Crippen molar-refractivity contribution in [2.75, 3.05) is 0 Å². The minimum Gasteiger partial charge on any atom is -0.338 e. The van der Waals surface area contributed by atoms with Crippen LogP contribution in [0, 0.1) is 20.8 Å². The molecule has 2 heterocycles. The fourth-order valence-corrected chi connectivity index (χ4v) is 2.07. The predicted octanol–water partition coefficient (Wildman–Crippen LogP) is 2.08. The molecule has 0 atom stereocenters. The van der Waals surface area contributed by atoms with Crippen LogP contribution in [0.3, 0.4) is 0 Å². The highest BCUT2D eigenvalue weighted by molar-refractivity contribution is 7.98. The second-order valence-electron chi connectivity index (χ2n) is 3.46. The van der Waals surface area contributed by atoms with Crippen LogP contribution in [0.4, 0.5) is 0 Å². The van der Waals surface area contributed by atoms with Crippen LogP contribution in [0.15, 0.2) is 15.7 Å². The molecule has 0 unspecified atom stereocenters. The molecule has 0 amide bonds. The summed E-state index contributed by atoms with van der Waals surface area (Å²) in [5, 5.41) is 4.47. The van der Waals surface area contributed by atoms with E-state index in [1.165, 1.54) is 11.8 Å². The molecule has 0 N–H and O–H groups in total. The van der Waals surface area contributed by atoms with Gasteiger partial charge in [0.25, 0.3) is 0 Å². The van der Waals surface area contributed by atoms with Crippen molar-refractivity contribution in [2.45, 2.75) is 31.7 Å². The zero-order valence-electron chi connectivity index (χ0n) is 9.39. The van der Waals surface area contributed by atoms with Crippen LogP contribution in [-0.2, 0) is 5.75 Å². The van der Waals surface area contributed by atoms with Crippen LogP contribution >= 0.6 is 11.8 Å². The van der Waals surface area contributed by atoms with Crippen molar-refractivity contribution in [1.82, 2.24) is 20.1 Å². The van der Waals surface area contributed by atoms with E-state index < -0.39 is 0 Å². The summed E-state index contributed by atoms with van der Waals surface area (Å²) < 4.78 is 5.01. The predicted molar refractivity (Wildman–Crippen MR) is 60.1 cm³/mol. The lowest BCUT2D eigenvalue weighted by Crippen LogP contribution is -1.93. The van der Waals surface area contributed by atoms with Crippen molar-refractivity contribution < 1.29 is 4.52 Å². The van der Waals surface area contributed by atoms with Gasteiger partial charge in [-0.15, -0.1) is 0 Å². The molecule has 2 rings (SSSR count). The monoisotopic (exact) mass is 236 g/mol. The molecule has 0 aliphatic carbocycles. The molecule has 0 spiro atoms. The molecule has 16 heavy (non-hydrogen) atoms. The van der Waals surface area contributed by atoms with Gasteiger partial charge in [0.1, 0.15) is 0 Å². The third kappa shape index (κ3) is 2.79. The van der Waals surface area contributed by atoms with Crippen molar-refractivity contribution in [3.05, 3.63) is 29.2 Å². The number of hydrogen-bond acceptors (Lipinski definition) is 6. The van der Waals surface area contributed by atoms with Gasteiger partial charge < -0.3 is 4.52 Å². The van der Waals surface area contributed by atoms with E-state index in [0.29, 0.717) is 17.5 Å². The molecular formula is C10H12N4OS. The summed E-state index contributed by atoms with van der Waals surface area (Å²) in [5.74, 6) is 1.85. The molecular weight excluding hydrogens is 224 g/mol. The summed E-state index contributed by atoms with van der Waals surface area (Å²) in [5.41, 5.74) is 1.94. The van der Waals surface area contributed by atoms with E-state index in [2.05, 4.69) is 20.1 Å². The molecule has 0 aliphatic rings. The van der Waals surface area contributed by atoms with Crippen molar-refractivity contribution in [2.24, 2.45) is 0 Å². The summed E-state index contributed by atoms with van der Waals surface area (Å²) in [6.07, 6.45) is 0. The molecule has 5 nitrogen and oxygen atoms in total. The number of aryl methyl sites for hydroxylation is 3. The zero-order chi connectivity index (χ0) is 11.5. The normalized spacial score (nSPS) is 10.7. The number of nitrogens with zero attached hydrogens (tertiary/aromatic N) is 4. The van der Waals surface area contributed by atoms with Crippen LogP contribution in [0.5, 0.6) is 0 Å². The fraction of sp³-hybridized carbons (Fsp3) is 0.400. The average Bonchev–Trinajstić information content (AvgIpc) is 2.60. The van der Waals surface area contributed by atoms with E-state index in [1.54, 1.807) is 6.92 Å². The largest absolute Gasteiger partial charge is 0.338 e. The van der Waals surface area contributed by atoms with Crippen LogP contribution in [-0.4, -0.2) is 20.1 Å². The van der Waals surface area contributed by atoms with Gasteiger partial charge in [-0.1, -0.05) is 16.9 Å². The Morgan fingerprint density at radius 1 is 1.12 bits per heavy atom. The Labute approximate surface area is 97.7 Å². The average molecular weight is 236 g/mol. The Morgan fingerprint density at radius 3 is 2.38 bits per heavy atom. The Bertz CT molecular complexity index is 477. The molecule has 0 aliphatic heterocycles. The lowest BCUT2D eigenvalue weighted by atomic mass is 10.4. The van der Waals surface area contributed by atoms with Crippen molar-refractivity contribution >= 4 is 11.8 Å². The van der Waals surface area contributed by atoms with E-state index in [9.17, 15) is 0 Å². The van der Waals surface area contributed by atoms with Crippen LogP contribution in [0.25, 0.3) is 0 Å². The number of rotatable bonds is 3. The SMILES string of the molecule is Cc1cc(C)nc(SCc2nc(C)no2)n1. The van der Waals surface area contributed by atoms with Crippen molar-refractivity contribution in [3.63, 3.8) is 0 Å². The summed E-state index contributed by atoms with van der Waals surface area (Å²) in [7, 11) is 0. The molecule has 0 aromatic carbocycles. The minimum absolute atomic E-state index is 0.601. The smallest absolute Gasteiger partial charge is 0.237 e. The first-order valence-corrected chi connectivity index (χ1v) is 5.86. The Hall–Kier alpha value is -1.43. The maximum absolute atomic E-state index is 5.01. The van der Waals surface area contributed by atoms with Crippen LogP contribution < -0.4 is 0 Å². The van der Waals surface area contributed by atoms with Gasteiger partial charge in [-0.05, 0) is 26.8 Å². The summed E-state index contributed by atoms with van der Waals surface area (Å²) >= 11 is 1.50. The van der Waals surface area contributed by atoms with Crippen LogP contribution in [0.1, 0.15) is 23.1 Å². The van der Waals surface area contributed by atoms with Crippen molar-refractivity contribution in [3.8, 4) is 0 Å². The highest BCUT2D eigenvalue weighted by atomic mass is 32.2.